The summed E-state index contributed by atoms with van der Waals surface area (Å²) in [6.07, 6.45) is 14.8. The Hall–Kier alpha value is -1.28. The minimum atomic E-state index is -0.692. The zero-order valence-electron chi connectivity index (χ0n) is 17.2. The molecule has 0 fully saturated rings. The van der Waals surface area contributed by atoms with Crippen LogP contribution in [0.3, 0.4) is 0 Å². The molecule has 0 aliphatic heterocycles. The summed E-state index contributed by atoms with van der Waals surface area (Å²) in [5.41, 5.74) is 2.70. The van der Waals surface area contributed by atoms with Gasteiger partial charge >= 0.3 is 0 Å². The molecule has 0 aromatic carbocycles. The van der Waals surface area contributed by atoms with Gasteiger partial charge in [0.1, 0.15) is 5.76 Å². The topological polar surface area (TPSA) is 18.5 Å². The molecule has 0 amide bonds. The Bertz CT molecular complexity index is 591. The Labute approximate surface area is 154 Å². The van der Waals surface area contributed by atoms with Crippen LogP contribution in [0.25, 0.3) is 0 Å². The second-order valence-corrected chi connectivity index (χ2v) is 9.22. The number of allylic oxidation sites excluding steroid dienone is 5. The average Bonchev–Trinajstić information content (AvgIpc) is 2.98. The SMILES string of the molecule is CCCCOC1(OC2=CCC=C2)CC=C(C(C)(C)C)C=C1C(C)(C)C. The van der Waals surface area contributed by atoms with Gasteiger partial charge < -0.3 is 9.47 Å². The summed E-state index contributed by atoms with van der Waals surface area (Å²) in [7, 11) is 0. The van der Waals surface area contributed by atoms with Gasteiger partial charge in [-0.1, -0.05) is 73.1 Å². The molecule has 1 atom stereocenters. The third kappa shape index (κ3) is 4.88. The van der Waals surface area contributed by atoms with Crippen molar-refractivity contribution in [2.45, 2.75) is 79.9 Å². The molecule has 2 aliphatic carbocycles. The average molecular weight is 345 g/mol. The van der Waals surface area contributed by atoms with Crippen molar-refractivity contribution in [3.8, 4) is 0 Å². The first-order chi connectivity index (χ1) is 11.6. The number of ether oxygens (including phenoxy) is 2. The molecule has 0 spiro atoms. The van der Waals surface area contributed by atoms with Crippen LogP contribution >= 0.6 is 0 Å². The van der Waals surface area contributed by atoms with E-state index >= 15 is 0 Å². The van der Waals surface area contributed by atoms with E-state index in [1.165, 1.54) is 11.1 Å². The molecule has 25 heavy (non-hydrogen) atoms. The van der Waals surface area contributed by atoms with Gasteiger partial charge in [-0.15, -0.1) is 0 Å². The van der Waals surface area contributed by atoms with Crippen molar-refractivity contribution in [3.63, 3.8) is 0 Å². The van der Waals surface area contributed by atoms with Gasteiger partial charge in [0.05, 0.1) is 6.61 Å². The molecule has 2 aliphatic rings. The number of rotatable bonds is 6. The predicted molar refractivity (Wildman–Crippen MR) is 106 cm³/mol. The molecule has 2 rings (SSSR count). The highest BCUT2D eigenvalue weighted by molar-refractivity contribution is 5.40. The lowest BCUT2D eigenvalue weighted by Crippen LogP contribution is -2.44. The fraction of sp³-hybridized carbons (Fsp3) is 0.652. The number of hydrogen-bond acceptors (Lipinski definition) is 2. The fourth-order valence-corrected chi connectivity index (χ4v) is 3.34. The van der Waals surface area contributed by atoms with Crippen molar-refractivity contribution in [1.82, 2.24) is 0 Å². The summed E-state index contributed by atoms with van der Waals surface area (Å²) in [6, 6.07) is 0. The molecule has 140 valence electrons. The first-order valence-corrected chi connectivity index (χ1v) is 9.71. The van der Waals surface area contributed by atoms with E-state index in [1.807, 2.05) is 0 Å². The van der Waals surface area contributed by atoms with E-state index < -0.39 is 5.79 Å². The number of hydrogen-bond donors (Lipinski definition) is 0. The van der Waals surface area contributed by atoms with Gasteiger partial charge in [-0.3, -0.25) is 0 Å². The quantitative estimate of drug-likeness (QED) is 0.394. The van der Waals surface area contributed by atoms with Crippen molar-refractivity contribution in [2.75, 3.05) is 6.61 Å². The van der Waals surface area contributed by atoms with E-state index in [0.717, 1.165) is 38.0 Å². The normalized spacial score (nSPS) is 24.0. The molecule has 1 unspecified atom stereocenters. The molecule has 0 bridgehead atoms. The van der Waals surface area contributed by atoms with Crippen molar-refractivity contribution in [2.24, 2.45) is 10.8 Å². The van der Waals surface area contributed by atoms with Crippen LogP contribution < -0.4 is 0 Å². The van der Waals surface area contributed by atoms with Gasteiger partial charge in [-0.05, 0) is 41.4 Å². The van der Waals surface area contributed by atoms with Gasteiger partial charge in [0.2, 0.25) is 5.79 Å². The molecular formula is C23H36O2. The Morgan fingerprint density at radius 3 is 2.28 bits per heavy atom. The molecule has 0 saturated carbocycles. The summed E-state index contributed by atoms with van der Waals surface area (Å²) >= 11 is 0. The van der Waals surface area contributed by atoms with Crippen molar-refractivity contribution < 1.29 is 9.47 Å². The Morgan fingerprint density at radius 2 is 1.76 bits per heavy atom. The van der Waals surface area contributed by atoms with Crippen molar-refractivity contribution >= 4 is 0 Å². The highest BCUT2D eigenvalue weighted by Crippen LogP contribution is 2.47. The lowest BCUT2D eigenvalue weighted by molar-refractivity contribution is -0.193. The maximum atomic E-state index is 6.53. The summed E-state index contributed by atoms with van der Waals surface area (Å²) < 4.78 is 13.0. The third-order valence-electron chi connectivity index (χ3n) is 4.83. The maximum absolute atomic E-state index is 6.53. The van der Waals surface area contributed by atoms with Crippen LogP contribution in [0.4, 0.5) is 0 Å². The monoisotopic (exact) mass is 344 g/mol. The van der Waals surface area contributed by atoms with E-state index in [2.05, 4.69) is 78.8 Å². The molecule has 0 N–H and O–H groups in total. The van der Waals surface area contributed by atoms with Gasteiger partial charge in [-0.25, -0.2) is 0 Å². The standard InChI is InChI=1S/C23H36O2/c1-8-9-16-24-23(25-19-12-10-11-13-19)15-14-18(21(2,3)4)17-20(23)22(5,6)7/h10,12-14,17H,8-9,11,15-16H2,1-7H3. The third-order valence-corrected chi connectivity index (χ3v) is 4.83. The summed E-state index contributed by atoms with van der Waals surface area (Å²) in [5.74, 6) is 0.238. The summed E-state index contributed by atoms with van der Waals surface area (Å²) in [6.45, 7) is 16.5. The zero-order valence-corrected chi connectivity index (χ0v) is 17.2. The highest BCUT2D eigenvalue weighted by atomic mass is 16.7. The minimum Gasteiger partial charge on any atom is -0.458 e. The van der Waals surface area contributed by atoms with Crippen molar-refractivity contribution in [3.05, 3.63) is 47.3 Å². The van der Waals surface area contributed by atoms with E-state index in [1.54, 1.807) is 0 Å². The smallest absolute Gasteiger partial charge is 0.237 e. The predicted octanol–water partition coefficient (Wildman–Crippen LogP) is 6.71. The van der Waals surface area contributed by atoms with Gasteiger partial charge in [0.15, 0.2) is 0 Å². The van der Waals surface area contributed by atoms with Crippen LogP contribution in [0.15, 0.2) is 47.3 Å². The highest BCUT2D eigenvalue weighted by Gasteiger charge is 2.45. The van der Waals surface area contributed by atoms with Gasteiger partial charge in [0, 0.05) is 12.0 Å². The second kappa shape index (κ2) is 7.53. The molecule has 2 nitrogen and oxygen atoms in total. The van der Waals surface area contributed by atoms with Gasteiger partial charge in [0.25, 0.3) is 0 Å². The Balaban J connectivity index is 2.43. The van der Waals surface area contributed by atoms with Crippen LogP contribution in [0.2, 0.25) is 0 Å². The van der Waals surface area contributed by atoms with Crippen molar-refractivity contribution in [1.29, 1.82) is 0 Å². The molecule has 0 saturated heterocycles. The molecule has 2 heteroatoms. The molecular weight excluding hydrogens is 308 g/mol. The van der Waals surface area contributed by atoms with Crippen LogP contribution in [-0.4, -0.2) is 12.4 Å². The van der Waals surface area contributed by atoms with Crippen LogP contribution in [0, 0.1) is 10.8 Å². The van der Waals surface area contributed by atoms with E-state index in [9.17, 15) is 0 Å². The van der Waals surface area contributed by atoms with Crippen LogP contribution in [0.1, 0.15) is 74.1 Å². The minimum absolute atomic E-state index is 0.0279. The largest absolute Gasteiger partial charge is 0.458 e. The van der Waals surface area contributed by atoms with E-state index in [0.29, 0.717) is 0 Å². The fourth-order valence-electron chi connectivity index (χ4n) is 3.34. The molecule has 0 aromatic rings. The Kier molecular flexibility index (Phi) is 6.04. The first kappa shape index (κ1) is 20.0. The lowest BCUT2D eigenvalue weighted by Gasteiger charge is -2.44. The first-order valence-electron chi connectivity index (χ1n) is 9.71. The maximum Gasteiger partial charge on any atom is 0.237 e. The lowest BCUT2D eigenvalue weighted by atomic mass is 9.72. The molecule has 0 heterocycles. The molecule has 0 radical (unpaired) electrons. The zero-order chi connectivity index (χ0) is 18.7. The summed E-state index contributed by atoms with van der Waals surface area (Å²) in [4.78, 5) is 0. The van der Waals surface area contributed by atoms with Gasteiger partial charge in [-0.2, -0.15) is 0 Å². The van der Waals surface area contributed by atoms with Crippen LogP contribution in [0.5, 0.6) is 0 Å². The summed E-state index contributed by atoms with van der Waals surface area (Å²) in [5, 5.41) is 0. The second-order valence-electron chi connectivity index (χ2n) is 9.22. The Morgan fingerprint density at radius 1 is 1.04 bits per heavy atom. The van der Waals surface area contributed by atoms with E-state index in [-0.39, 0.29) is 10.8 Å². The van der Waals surface area contributed by atoms with E-state index in [4.69, 9.17) is 9.47 Å². The van der Waals surface area contributed by atoms with Crippen LogP contribution in [-0.2, 0) is 9.47 Å². The number of unbranched alkanes of at least 4 members (excludes halogenated alkanes) is 1. The molecule has 0 aromatic heterocycles.